The van der Waals surface area contributed by atoms with E-state index in [0.29, 0.717) is 5.92 Å². The van der Waals surface area contributed by atoms with Gasteiger partial charge in [-0.25, -0.2) is 0 Å². The maximum atomic E-state index is 11.0. The van der Waals surface area contributed by atoms with E-state index in [2.05, 4.69) is 36.9 Å². The molecule has 3 saturated heterocycles. The van der Waals surface area contributed by atoms with Gasteiger partial charge in [0, 0.05) is 6.54 Å². The van der Waals surface area contributed by atoms with Crippen molar-refractivity contribution in [3.05, 3.63) is 34.9 Å². The second-order valence-electron chi connectivity index (χ2n) is 5.77. The van der Waals surface area contributed by atoms with Crippen LogP contribution < -0.4 is 0 Å². The van der Waals surface area contributed by atoms with Gasteiger partial charge in [-0.1, -0.05) is 18.2 Å². The lowest BCUT2D eigenvalue weighted by atomic mass is 9.71. The van der Waals surface area contributed by atoms with Gasteiger partial charge >= 0.3 is 0 Å². The van der Waals surface area contributed by atoms with Gasteiger partial charge in [0.05, 0.1) is 0 Å². The van der Waals surface area contributed by atoms with Gasteiger partial charge in [-0.2, -0.15) is 0 Å². The first kappa shape index (κ1) is 11.2. The number of hydrogen-bond donors (Lipinski definition) is 1. The van der Waals surface area contributed by atoms with E-state index in [9.17, 15) is 5.11 Å². The minimum atomic E-state index is -0.602. The number of fused-ring (bicyclic) bond motifs is 3. The Bertz CT molecular complexity index is 435. The Morgan fingerprint density at radius 1 is 1.18 bits per heavy atom. The number of piperidine rings is 3. The fourth-order valence-electron chi connectivity index (χ4n) is 3.38. The quantitative estimate of drug-likeness (QED) is 0.801. The number of benzene rings is 1. The molecule has 0 spiro atoms. The summed E-state index contributed by atoms with van der Waals surface area (Å²) in [6.07, 6.45) is 2.28. The molecule has 0 radical (unpaired) electrons. The molecule has 1 N–H and O–H groups in total. The topological polar surface area (TPSA) is 23.5 Å². The van der Waals surface area contributed by atoms with Crippen molar-refractivity contribution in [1.29, 1.82) is 0 Å². The Morgan fingerprint density at radius 3 is 2.41 bits per heavy atom. The normalized spacial score (nSPS) is 36.2. The highest BCUT2D eigenvalue weighted by Crippen LogP contribution is 2.42. The summed E-state index contributed by atoms with van der Waals surface area (Å²) < 4.78 is 0. The van der Waals surface area contributed by atoms with Crippen LogP contribution in [0.4, 0.5) is 0 Å². The maximum absolute atomic E-state index is 11.0. The summed E-state index contributed by atoms with van der Waals surface area (Å²) in [5.74, 6) is 0.453. The van der Waals surface area contributed by atoms with Gasteiger partial charge in [-0.05, 0) is 62.4 Å². The summed E-state index contributed by atoms with van der Waals surface area (Å²) >= 11 is 0. The zero-order valence-corrected chi connectivity index (χ0v) is 10.7. The molecular weight excluding hydrogens is 210 g/mol. The highest BCUT2D eigenvalue weighted by Gasteiger charge is 2.46. The highest BCUT2D eigenvalue weighted by molar-refractivity contribution is 5.34. The van der Waals surface area contributed by atoms with Crippen molar-refractivity contribution in [2.45, 2.75) is 32.3 Å². The first-order chi connectivity index (χ1) is 8.09. The van der Waals surface area contributed by atoms with Crippen molar-refractivity contribution in [3.8, 4) is 0 Å². The number of nitrogens with zero attached hydrogens (tertiary/aromatic N) is 1. The van der Waals surface area contributed by atoms with Crippen LogP contribution in [0, 0.1) is 19.8 Å². The fraction of sp³-hybridized carbons (Fsp3) is 0.600. The Hall–Kier alpha value is -0.860. The summed E-state index contributed by atoms with van der Waals surface area (Å²) in [6, 6.07) is 6.43. The second kappa shape index (κ2) is 3.82. The largest absolute Gasteiger partial charge is 0.384 e. The molecule has 1 aromatic carbocycles. The minimum absolute atomic E-state index is 0.453. The molecule has 2 nitrogen and oxygen atoms in total. The van der Waals surface area contributed by atoms with Crippen LogP contribution in [0.3, 0.4) is 0 Å². The smallest absolute Gasteiger partial charge is 0.105 e. The lowest BCUT2D eigenvalue weighted by molar-refractivity contribution is -0.117. The molecule has 0 aromatic heterocycles. The Kier molecular flexibility index (Phi) is 2.53. The van der Waals surface area contributed by atoms with Crippen molar-refractivity contribution in [3.63, 3.8) is 0 Å². The average molecular weight is 231 g/mol. The average Bonchev–Trinajstić information content (AvgIpc) is 2.34. The molecule has 0 aliphatic carbocycles. The fourth-order valence-corrected chi connectivity index (χ4v) is 3.38. The van der Waals surface area contributed by atoms with E-state index in [1.165, 1.54) is 11.1 Å². The lowest BCUT2D eigenvalue weighted by Gasteiger charge is -2.50. The molecule has 0 unspecified atom stereocenters. The van der Waals surface area contributed by atoms with Gasteiger partial charge in [-0.3, -0.25) is 0 Å². The molecule has 17 heavy (non-hydrogen) atoms. The van der Waals surface area contributed by atoms with Crippen LogP contribution in [0.5, 0.6) is 0 Å². The van der Waals surface area contributed by atoms with Crippen LogP contribution in [0.1, 0.15) is 29.5 Å². The van der Waals surface area contributed by atoms with E-state index in [0.717, 1.165) is 38.0 Å². The summed E-state index contributed by atoms with van der Waals surface area (Å²) in [6.45, 7) is 7.40. The summed E-state index contributed by atoms with van der Waals surface area (Å²) in [4.78, 5) is 2.40. The van der Waals surface area contributed by atoms with Crippen LogP contribution in [0.15, 0.2) is 18.2 Å². The van der Waals surface area contributed by atoms with Crippen molar-refractivity contribution >= 4 is 0 Å². The molecule has 0 amide bonds. The monoisotopic (exact) mass is 231 g/mol. The molecule has 1 aromatic rings. The first-order valence-electron chi connectivity index (χ1n) is 6.62. The van der Waals surface area contributed by atoms with Crippen LogP contribution in [-0.2, 0) is 5.60 Å². The third-order valence-electron chi connectivity index (χ3n) is 4.73. The Morgan fingerprint density at radius 2 is 1.88 bits per heavy atom. The second-order valence-corrected chi connectivity index (χ2v) is 5.77. The Balaban J connectivity index is 1.99. The van der Waals surface area contributed by atoms with Crippen molar-refractivity contribution in [1.82, 2.24) is 4.90 Å². The molecule has 4 rings (SSSR count). The zero-order valence-electron chi connectivity index (χ0n) is 10.7. The minimum Gasteiger partial charge on any atom is -0.384 e. The molecule has 0 saturated carbocycles. The van der Waals surface area contributed by atoms with E-state index in [4.69, 9.17) is 0 Å². The number of rotatable bonds is 1. The third kappa shape index (κ3) is 1.71. The number of aliphatic hydroxyl groups is 1. The summed E-state index contributed by atoms with van der Waals surface area (Å²) in [5.41, 5.74) is 3.11. The van der Waals surface area contributed by atoms with Crippen molar-refractivity contribution in [2.75, 3.05) is 19.6 Å². The molecule has 2 heteroatoms. The molecule has 3 aliphatic heterocycles. The van der Waals surface area contributed by atoms with Crippen LogP contribution in [0.2, 0.25) is 0 Å². The van der Waals surface area contributed by atoms with E-state index in [-0.39, 0.29) is 0 Å². The van der Waals surface area contributed by atoms with Crippen LogP contribution in [-0.4, -0.2) is 29.6 Å². The molecular formula is C15H21NO. The zero-order chi connectivity index (χ0) is 12.0. The number of aryl methyl sites for hydroxylation is 2. The van der Waals surface area contributed by atoms with Gasteiger partial charge in [-0.15, -0.1) is 0 Å². The van der Waals surface area contributed by atoms with Gasteiger partial charge < -0.3 is 10.0 Å². The SMILES string of the molecule is Cc1ccc([C@@]2(O)CN3CCC2CC3)cc1C. The molecule has 92 valence electrons. The molecule has 2 bridgehead atoms. The van der Waals surface area contributed by atoms with E-state index < -0.39 is 5.60 Å². The predicted molar refractivity (Wildman–Crippen MR) is 69.0 cm³/mol. The summed E-state index contributed by atoms with van der Waals surface area (Å²) in [5, 5.41) is 11.0. The van der Waals surface area contributed by atoms with Crippen LogP contribution >= 0.6 is 0 Å². The number of hydrogen-bond acceptors (Lipinski definition) is 2. The molecule has 3 aliphatic rings. The first-order valence-corrected chi connectivity index (χ1v) is 6.62. The molecule has 1 atom stereocenters. The Labute approximate surface area is 103 Å². The highest BCUT2D eigenvalue weighted by atomic mass is 16.3. The van der Waals surface area contributed by atoms with Gasteiger partial charge in [0.15, 0.2) is 0 Å². The maximum Gasteiger partial charge on any atom is 0.105 e. The predicted octanol–water partition coefficient (Wildman–Crippen LogP) is 2.22. The van der Waals surface area contributed by atoms with Gasteiger partial charge in [0.25, 0.3) is 0 Å². The van der Waals surface area contributed by atoms with E-state index >= 15 is 0 Å². The van der Waals surface area contributed by atoms with Crippen LogP contribution in [0.25, 0.3) is 0 Å². The van der Waals surface area contributed by atoms with E-state index in [1.807, 2.05) is 0 Å². The third-order valence-corrected chi connectivity index (χ3v) is 4.73. The standard InChI is InChI=1S/C15H21NO/c1-11-3-4-14(9-12(11)2)15(17)10-16-7-5-13(15)6-8-16/h3-4,9,13,17H,5-8,10H2,1-2H3/t15-/m1/s1. The molecule has 3 fully saturated rings. The van der Waals surface area contributed by atoms with Crippen molar-refractivity contribution in [2.24, 2.45) is 5.92 Å². The van der Waals surface area contributed by atoms with Gasteiger partial charge in [0.1, 0.15) is 5.60 Å². The summed E-state index contributed by atoms with van der Waals surface area (Å²) in [7, 11) is 0. The molecule has 3 heterocycles. The van der Waals surface area contributed by atoms with Gasteiger partial charge in [0.2, 0.25) is 0 Å². The lowest BCUT2D eigenvalue weighted by Crippen LogP contribution is -2.57. The van der Waals surface area contributed by atoms with E-state index in [1.54, 1.807) is 0 Å². The van der Waals surface area contributed by atoms with Crippen molar-refractivity contribution < 1.29 is 5.11 Å².